The standard InChI is InChI=1S/C18H23F2N5O/c1-2-25(17-15(21)16(22)23-11-24-17)14-8-13(18(14,19)20)10-26-9-12-6-4-3-5-7-12/h3-7,11,13-14H,2,8-10,21H2,1H3,(H2,22,23,24). The average molecular weight is 363 g/mol. The van der Waals surface area contributed by atoms with E-state index in [-0.39, 0.29) is 23.9 Å². The molecular weight excluding hydrogens is 340 g/mol. The van der Waals surface area contributed by atoms with Crippen LogP contribution < -0.4 is 16.4 Å². The van der Waals surface area contributed by atoms with Gasteiger partial charge in [-0.1, -0.05) is 30.3 Å². The van der Waals surface area contributed by atoms with E-state index in [1.54, 1.807) is 6.92 Å². The third-order valence-electron chi connectivity index (χ3n) is 4.81. The molecule has 1 aromatic heterocycles. The first-order valence-corrected chi connectivity index (χ1v) is 8.57. The van der Waals surface area contributed by atoms with E-state index in [2.05, 4.69) is 9.97 Å². The molecule has 8 heteroatoms. The highest BCUT2D eigenvalue weighted by molar-refractivity contribution is 5.73. The number of anilines is 3. The maximum Gasteiger partial charge on any atom is 0.273 e. The number of benzene rings is 1. The highest BCUT2D eigenvalue weighted by Crippen LogP contribution is 2.48. The molecule has 1 aliphatic rings. The molecule has 0 amide bonds. The van der Waals surface area contributed by atoms with Gasteiger partial charge in [0.25, 0.3) is 5.92 Å². The quantitative estimate of drug-likeness (QED) is 0.786. The van der Waals surface area contributed by atoms with Gasteiger partial charge in [0, 0.05) is 6.54 Å². The Balaban J connectivity index is 1.62. The SMILES string of the molecule is CCN(c1ncnc(N)c1N)C1CC(COCc2ccccc2)C1(F)F. The number of nitrogens with zero attached hydrogens (tertiary/aromatic N) is 3. The van der Waals surface area contributed by atoms with E-state index in [0.29, 0.717) is 19.6 Å². The van der Waals surface area contributed by atoms with Crippen LogP contribution in [0, 0.1) is 5.92 Å². The second kappa shape index (κ2) is 7.41. The fraction of sp³-hybridized carbons (Fsp3) is 0.444. The molecule has 1 aliphatic carbocycles. The lowest BCUT2D eigenvalue weighted by Gasteiger charge is -2.49. The Morgan fingerprint density at radius 2 is 1.96 bits per heavy atom. The van der Waals surface area contributed by atoms with Crippen molar-refractivity contribution in [1.82, 2.24) is 9.97 Å². The number of alkyl halides is 2. The number of hydrogen-bond donors (Lipinski definition) is 2. The van der Waals surface area contributed by atoms with Crippen LogP contribution in [0.3, 0.4) is 0 Å². The van der Waals surface area contributed by atoms with Crippen LogP contribution in [0.5, 0.6) is 0 Å². The lowest BCUT2D eigenvalue weighted by Crippen LogP contribution is -2.63. The third kappa shape index (κ3) is 3.41. The number of ether oxygens (including phenoxy) is 1. The van der Waals surface area contributed by atoms with E-state index in [0.717, 1.165) is 5.56 Å². The Hall–Kier alpha value is -2.48. The van der Waals surface area contributed by atoms with E-state index in [1.807, 2.05) is 30.3 Å². The summed E-state index contributed by atoms with van der Waals surface area (Å²) >= 11 is 0. The predicted molar refractivity (Wildman–Crippen MR) is 96.8 cm³/mol. The van der Waals surface area contributed by atoms with Crippen LogP contribution in [-0.2, 0) is 11.3 Å². The molecule has 1 aromatic carbocycles. The van der Waals surface area contributed by atoms with Gasteiger partial charge in [-0.05, 0) is 18.9 Å². The minimum absolute atomic E-state index is 0.0113. The summed E-state index contributed by atoms with van der Waals surface area (Å²) in [6.45, 7) is 2.47. The van der Waals surface area contributed by atoms with Crippen LogP contribution in [0.1, 0.15) is 18.9 Å². The van der Waals surface area contributed by atoms with Crippen molar-refractivity contribution in [2.75, 3.05) is 29.5 Å². The molecule has 0 aliphatic heterocycles. The molecular formula is C18H23F2N5O. The van der Waals surface area contributed by atoms with E-state index >= 15 is 0 Å². The zero-order valence-electron chi connectivity index (χ0n) is 14.6. The molecule has 6 nitrogen and oxygen atoms in total. The number of hydrogen-bond acceptors (Lipinski definition) is 6. The minimum Gasteiger partial charge on any atom is -0.393 e. The number of halogens is 2. The Morgan fingerprint density at radius 1 is 1.23 bits per heavy atom. The van der Waals surface area contributed by atoms with E-state index < -0.39 is 17.9 Å². The van der Waals surface area contributed by atoms with Crippen LogP contribution in [0.2, 0.25) is 0 Å². The Bertz CT molecular complexity index is 744. The lowest BCUT2D eigenvalue weighted by molar-refractivity contribution is -0.173. The molecule has 1 saturated carbocycles. The van der Waals surface area contributed by atoms with Crippen LogP contribution in [-0.4, -0.2) is 35.1 Å². The van der Waals surface area contributed by atoms with Crippen molar-refractivity contribution in [3.8, 4) is 0 Å². The first-order valence-electron chi connectivity index (χ1n) is 8.57. The molecule has 1 fully saturated rings. The van der Waals surface area contributed by atoms with Crippen LogP contribution in [0.15, 0.2) is 36.7 Å². The summed E-state index contributed by atoms with van der Waals surface area (Å²) in [7, 11) is 0. The smallest absolute Gasteiger partial charge is 0.273 e. The maximum absolute atomic E-state index is 14.7. The summed E-state index contributed by atoms with van der Waals surface area (Å²) in [6.07, 6.45) is 1.54. The van der Waals surface area contributed by atoms with Crippen molar-refractivity contribution in [1.29, 1.82) is 0 Å². The topological polar surface area (TPSA) is 90.3 Å². The zero-order valence-corrected chi connectivity index (χ0v) is 14.6. The summed E-state index contributed by atoms with van der Waals surface area (Å²) in [6, 6.07) is 8.52. The summed E-state index contributed by atoms with van der Waals surface area (Å²) in [4.78, 5) is 9.34. The number of nitrogens with two attached hydrogens (primary N) is 2. The van der Waals surface area contributed by atoms with Gasteiger partial charge in [0.05, 0.1) is 25.2 Å². The number of nitrogen functional groups attached to an aromatic ring is 2. The Kier molecular flexibility index (Phi) is 5.22. The first-order chi connectivity index (χ1) is 12.4. The van der Waals surface area contributed by atoms with Crippen molar-refractivity contribution in [2.24, 2.45) is 5.92 Å². The van der Waals surface area contributed by atoms with Crippen LogP contribution >= 0.6 is 0 Å². The normalized spacial score (nSPS) is 21.2. The zero-order chi connectivity index (χ0) is 18.7. The molecule has 1 heterocycles. The van der Waals surface area contributed by atoms with Crippen molar-refractivity contribution in [3.05, 3.63) is 42.2 Å². The minimum atomic E-state index is -2.89. The van der Waals surface area contributed by atoms with Gasteiger partial charge in [-0.25, -0.2) is 18.7 Å². The average Bonchev–Trinajstić information content (AvgIpc) is 2.64. The molecule has 0 spiro atoms. The molecule has 4 N–H and O–H groups in total. The van der Waals surface area contributed by atoms with Crippen LogP contribution in [0.25, 0.3) is 0 Å². The Morgan fingerprint density at radius 3 is 2.62 bits per heavy atom. The molecule has 2 atom stereocenters. The second-order valence-corrected chi connectivity index (χ2v) is 6.41. The van der Waals surface area contributed by atoms with Gasteiger partial charge in [0.2, 0.25) is 0 Å². The molecule has 3 rings (SSSR count). The number of aromatic nitrogens is 2. The second-order valence-electron chi connectivity index (χ2n) is 6.41. The summed E-state index contributed by atoms with van der Waals surface area (Å²) in [5.41, 5.74) is 12.7. The molecule has 0 radical (unpaired) electrons. The van der Waals surface area contributed by atoms with E-state index in [4.69, 9.17) is 16.2 Å². The molecule has 2 aromatic rings. The Labute approximate surface area is 151 Å². The molecule has 26 heavy (non-hydrogen) atoms. The van der Waals surface area contributed by atoms with Gasteiger partial charge < -0.3 is 21.1 Å². The molecule has 2 unspecified atom stereocenters. The summed E-state index contributed by atoms with van der Waals surface area (Å²) in [5, 5.41) is 0. The summed E-state index contributed by atoms with van der Waals surface area (Å²) < 4.78 is 34.9. The third-order valence-corrected chi connectivity index (χ3v) is 4.81. The van der Waals surface area contributed by atoms with Gasteiger partial charge in [-0.3, -0.25) is 0 Å². The fourth-order valence-electron chi connectivity index (χ4n) is 3.25. The molecule has 0 saturated heterocycles. The van der Waals surface area contributed by atoms with Crippen molar-refractivity contribution in [2.45, 2.75) is 31.9 Å². The summed E-state index contributed by atoms with van der Waals surface area (Å²) in [5.74, 6) is -3.36. The van der Waals surface area contributed by atoms with Gasteiger partial charge >= 0.3 is 0 Å². The largest absolute Gasteiger partial charge is 0.393 e. The molecule has 0 bridgehead atoms. The first kappa shape index (κ1) is 18.3. The van der Waals surface area contributed by atoms with Gasteiger partial charge in [0.1, 0.15) is 12.0 Å². The highest BCUT2D eigenvalue weighted by atomic mass is 19.3. The van der Waals surface area contributed by atoms with E-state index in [9.17, 15) is 8.78 Å². The molecule has 140 valence electrons. The van der Waals surface area contributed by atoms with Gasteiger partial charge in [-0.2, -0.15) is 0 Å². The monoisotopic (exact) mass is 363 g/mol. The van der Waals surface area contributed by atoms with Crippen molar-refractivity contribution in [3.63, 3.8) is 0 Å². The maximum atomic E-state index is 14.7. The van der Waals surface area contributed by atoms with Crippen molar-refractivity contribution < 1.29 is 13.5 Å². The van der Waals surface area contributed by atoms with Gasteiger partial charge in [0.15, 0.2) is 11.6 Å². The van der Waals surface area contributed by atoms with Crippen LogP contribution in [0.4, 0.5) is 26.1 Å². The fourth-order valence-corrected chi connectivity index (χ4v) is 3.25. The van der Waals surface area contributed by atoms with Gasteiger partial charge in [-0.15, -0.1) is 0 Å². The predicted octanol–water partition coefficient (Wildman–Crippen LogP) is 2.71. The van der Waals surface area contributed by atoms with Crippen molar-refractivity contribution >= 4 is 17.3 Å². The number of rotatable bonds is 7. The lowest BCUT2D eigenvalue weighted by atomic mass is 9.75. The van der Waals surface area contributed by atoms with E-state index in [1.165, 1.54) is 11.2 Å². The highest BCUT2D eigenvalue weighted by Gasteiger charge is 2.60.